The normalized spacial score (nSPS) is 18.0. The Morgan fingerprint density at radius 1 is 1.35 bits per heavy atom. The highest BCUT2D eigenvalue weighted by Gasteiger charge is 2.37. The van der Waals surface area contributed by atoms with E-state index in [0.717, 1.165) is 18.6 Å². The minimum Gasteiger partial charge on any atom is -0.337 e. The maximum absolute atomic E-state index is 13.0. The molecule has 1 unspecified atom stereocenters. The third-order valence-corrected chi connectivity index (χ3v) is 4.57. The Morgan fingerprint density at radius 3 is 2.69 bits per heavy atom. The highest BCUT2D eigenvalue weighted by Crippen LogP contribution is 2.35. The molecule has 1 aliphatic heterocycles. The van der Waals surface area contributed by atoms with Crippen molar-refractivity contribution in [2.45, 2.75) is 51.7 Å². The quantitative estimate of drug-likeness (QED) is 0.802. The molecule has 0 radical (unpaired) electrons. The van der Waals surface area contributed by atoms with E-state index < -0.39 is 23.7 Å². The molecule has 0 N–H and O–H groups in total. The number of nitrogens with zero attached hydrogens (tertiary/aromatic N) is 3. The van der Waals surface area contributed by atoms with Crippen molar-refractivity contribution in [3.8, 4) is 0 Å². The molecule has 2 heterocycles. The minimum absolute atomic E-state index is 0.0512. The minimum atomic E-state index is -4.49. The van der Waals surface area contributed by atoms with Gasteiger partial charge in [-0.1, -0.05) is 25.1 Å². The van der Waals surface area contributed by atoms with Gasteiger partial charge in [-0.3, -0.25) is 4.79 Å². The van der Waals surface area contributed by atoms with Crippen LogP contribution in [0.5, 0.6) is 0 Å². The van der Waals surface area contributed by atoms with Crippen LogP contribution in [0.4, 0.5) is 13.2 Å². The molecule has 1 amide bonds. The summed E-state index contributed by atoms with van der Waals surface area (Å²) in [5.41, 5.74) is -0.278. The average Bonchev–Trinajstić information content (AvgIpc) is 3.22. The zero-order valence-electron chi connectivity index (χ0n) is 14.8. The standard InChI is InChI=1S/C18H20F3N3O2/c1-10(2)15-22-16(26-23-15)14-5-4-8-24(14)17(25)13-9-12(18(19,20)21)7-6-11(13)3/h6-7,9-10,14H,4-5,8H2,1-3H3. The van der Waals surface area contributed by atoms with Crippen molar-refractivity contribution in [3.63, 3.8) is 0 Å². The van der Waals surface area contributed by atoms with E-state index in [1.807, 2.05) is 13.8 Å². The molecule has 1 aliphatic rings. The Labute approximate surface area is 149 Å². The van der Waals surface area contributed by atoms with Gasteiger partial charge in [-0.05, 0) is 37.5 Å². The third kappa shape index (κ3) is 3.45. The molecule has 2 aromatic rings. The molecule has 0 aliphatic carbocycles. The van der Waals surface area contributed by atoms with Crippen LogP contribution in [0.2, 0.25) is 0 Å². The van der Waals surface area contributed by atoms with E-state index in [2.05, 4.69) is 10.1 Å². The maximum atomic E-state index is 13.0. The van der Waals surface area contributed by atoms with Crippen LogP contribution in [0, 0.1) is 6.92 Å². The molecule has 0 spiro atoms. The number of hydrogen-bond donors (Lipinski definition) is 0. The van der Waals surface area contributed by atoms with Crippen LogP contribution in [-0.4, -0.2) is 27.5 Å². The largest absolute Gasteiger partial charge is 0.416 e. The van der Waals surface area contributed by atoms with Gasteiger partial charge in [0.05, 0.1) is 5.56 Å². The number of benzene rings is 1. The Bertz CT molecular complexity index is 814. The predicted octanol–water partition coefficient (Wildman–Crippen LogP) is 4.50. The lowest BCUT2D eigenvalue weighted by Gasteiger charge is -2.23. The number of halogens is 3. The van der Waals surface area contributed by atoms with Gasteiger partial charge >= 0.3 is 6.18 Å². The van der Waals surface area contributed by atoms with Gasteiger partial charge in [-0.2, -0.15) is 18.2 Å². The molecule has 1 atom stereocenters. The Hall–Kier alpha value is -2.38. The first-order valence-corrected chi connectivity index (χ1v) is 8.50. The van der Waals surface area contributed by atoms with Crippen molar-refractivity contribution in [1.29, 1.82) is 0 Å². The van der Waals surface area contributed by atoms with Crippen LogP contribution in [0.15, 0.2) is 22.7 Å². The molecule has 5 nitrogen and oxygen atoms in total. The zero-order valence-corrected chi connectivity index (χ0v) is 14.8. The summed E-state index contributed by atoms with van der Waals surface area (Å²) in [6, 6.07) is 2.82. The van der Waals surface area contributed by atoms with Crippen molar-refractivity contribution in [2.24, 2.45) is 0 Å². The van der Waals surface area contributed by atoms with Crippen molar-refractivity contribution < 1.29 is 22.5 Å². The Kier molecular flexibility index (Phi) is 4.77. The number of alkyl halides is 3. The summed E-state index contributed by atoms with van der Waals surface area (Å²) in [5.74, 6) is 0.530. The summed E-state index contributed by atoms with van der Waals surface area (Å²) in [6.07, 6.45) is -3.12. The second-order valence-corrected chi connectivity index (χ2v) is 6.83. The van der Waals surface area contributed by atoms with E-state index in [1.54, 1.807) is 6.92 Å². The molecule has 26 heavy (non-hydrogen) atoms. The molecule has 1 aromatic carbocycles. The fourth-order valence-corrected chi connectivity index (χ4v) is 3.07. The fourth-order valence-electron chi connectivity index (χ4n) is 3.07. The van der Waals surface area contributed by atoms with Gasteiger partial charge in [0.15, 0.2) is 5.82 Å². The number of likely N-dealkylation sites (tertiary alicyclic amines) is 1. The van der Waals surface area contributed by atoms with Crippen LogP contribution < -0.4 is 0 Å². The highest BCUT2D eigenvalue weighted by atomic mass is 19.4. The highest BCUT2D eigenvalue weighted by molar-refractivity contribution is 5.96. The average molecular weight is 367 g/mol. The molecule has 0 bridgehead atoms. The summed E-state index contributed by atoms with van der Waals surface area (Å²) < 4.78 is 44.3. The van der Waals surface area contributed by atoms with E-state index in [1.165, 1.54) is 11.0 Å². The summed E-state index contributed by atoms with van der Waals surface area (Å²) in [5, 5.41) is 3.92. The number of carbonyl (C=O) groups excluding carboxylic acids is 1. The monoisotopic (exact) mass is 367 g/mol. The van der Waals surface area contributed by atoms with E-state index in [9.17, 15) is 18.0 Å². The molecule has 1 aromatic heterocycles. The van der Waals surface area contributed by atoms with Gasteiger partial charge in [0.2, 0.25) is 5.89 Å². The smallest absolute Gasteiger partial charge is 0.337 e. The number of carbonyl (C=O) groups is 1. The first-order chi connectivity index (χ1) is 12.2. The number of aromatic nitrogens is 2. The first-order valence-electron chi connectivity index (χ1n) is 8.50. The summed E-state index contributed by atoms with van der Waals surface area (Å²) in [4.78, 5) is 18.8. The lowest BCUT2D eigenvalue weighted by atomic mass is 10.0. The second kappa shape index (κ2) is 6.74. The van der Waals surface area contributed by atoms with Crippen LogP contribution in [0.25, 0.3) is 0 Å². The summed E-state index contributed by atoms with van der Waals surface area (Å²) >= 11 is 0. The van der Waals surface area contributed by atoms with E-state index in [0.29, 0.717) is 30.2 Å². The van der Waals surface area contributed by atoms with Crippen molar-refractivity contribution in [1.82, 2.24) is 15.0 Å². The molecule has 1 fully saturated rings. The molecule has 1 saturated heterocycles. The Morgan fingerprint density at radius 2 is 2.08 bits per heavy atom. The van der Waals surface area contributed by atoms with Crippen molar-refractivity contribution in [3.05, 3.63) is 46.6 Å². The topological polar surface area (TPSA) is 59.2 Å². The lowest BCUT2D eigenvalue weighted by molar-refractivity contribution is -0.137. The maximum Gasteiger partial charge on any atom is 0.416 e. The number of aryl methyl sites for hydroxylation is 1. The molecule has 0 saturated carbocycles. The number of hydrogen-bond acceptors (Lipinski definition) is 4. The van der Waals surface area contributed by atoms with Crippen LogP contribution in [0.3, 0.4) is 0 Å². The molecular formula is C18H20F3N3O2. The molecule has 140 valence electrons. The van der Waals surface area contributed by atoms with Crippen LogP contribution in [0.1, 0.15) is 71.8 Å². The van der Waals surface area contributed by atoms with Gasteiger partial charge < -0.3 is 9.42 Å². The first kappa shape index (κ1) is 18.4. The number of amides is 1. The van der Waals surface area contributed by atoms with Crippen molar-refractivity contribution in [2.75, 3.05) is 6.54 Å². The second-order valence-electron chi connectivity index (χ2n) is 6.83. The Balaban J connectivity index is 1.91. The van der Waals surface area contributed by atoms with Gasteiger partial charge in [-0.15, -0.1) is 0 Å². The van der Waals surface area contributed by atoms with Crippen LogP contribution in [-0.2, 0) is 6.18 Å². The van der Waals surface area contributed by atoms with Crippen LogP contribution >= 0.6 is 0 Å². The van der Waals surface area contributed by atoms with E-state index in [4.69, 9.17) is 4.52 Å². The van der Waals surface area contributed by atoms with Crippen molar-refractivity contribution >= 4 is 5.91 Å². The van der Waals surface area contributed by atoms with Gasteiger partial charge in [0.1, 0.15) is 6.04 Å². The predicted molar refractivity (Wildman–Crippen MR) is 87.6 cm³/mol. The van der Waals surface area contributed by atoms with Gasteiger partial charge in [0, 0.05) is 18.0 Å². The van der Waals surface area contributed by atoms with E-state index in [-0.39, 0.29) is 11.5 Å². The SMILES string of the molecule is Cc1ccc(C(F)(F)F)cc1C(=O)N1CCCC1c1nc(C(C)C)no1. The van der Waals surface area contributed by atoms with Gasteiger partial charge in [-0.25, -0.2) is 0 Å². The lowest BCUT2D eigenvalue weighted by Crippen LogP contribution is -2.31. The number of rotatable bonds is 3. The zero-order chi connectivity index (χ0) is 19.1. The van der Waals surface area contributed by atoms with E-state index >= 15 is 0 Å². The van der Waals surface area contributed by atoms with Gasteiger partial charge in [0.25, 0.3) is 5.91 Å². The summed E-state index contributed by atoms with van der Waals surface area (Å²) in [7, 11) is 0. The third-order valence-electron chi connectivity index (χ3n) is 4.57. The summed E-state index contributed by atoms with van der Waals surface area (Å²) in [6.45, 7) is 5.93. The molecule has 8 heteroatoms. The molecular weight excluding hydrogens is 347 g/mol. The fraction of sp³-hybridized carbons (Fsp3) is 0.500. The molecule has 3 rings (SSSR count).